The van der Waals surface area contributed by atoms with Crippen LogP contribution >= 0.6 is 0 Å². The van der Waals surface area contributed by atoms with E-state index in [1.165, 1.54) is 0 Å². The summed E-state index contributed by atoms with van der Waals surface area (Å²) in [5.41, 5.74) is 0. The van der Waals surface area contributed by atoms with Crippen molar-refractivity contribution < 1.29 is 35.1 Å². The third kappa shape index (κ3) is 3.11. The van der Waals surface area contributed by atoms with Crippen LogP contribution in [0.1, 0.15) is 13.8 Å². The molecule has 7 heteroatoms. The lowest BCUT2D eigenvalue weighted by atomic mass is 9.99. The van der Waals surface area contributed by atoms with Gasteiger partial charge in [-0.15, -0.1) is 0 Å². The maximum atomic E-state index is 10.4. The van der Waals surface area contributed by atoms with Gasteiger partial charge < -0.3 is 30.3 Å². The summed E-state index contributed by atoms with van der Waals surface area (Å²) in [7, 11) is 0. The van der Waals surface area contributed by atoms with Gasteiger partial charge in [-0.2, -0.15) is 0 Å². The van der Waals surface area contributed by atoms with Gasteiger partial charge in [-0.05, 0) is 0 Å². The lowest BCUT2D eigenvalue weighted by Gasteiger charge is -2.36. The van der Waals surface area contributed by atoms with Crippen LogP contribution in [0.3, 0.4) is 0 Å². The van der Waals surface area contributed by atoms with Crippen molar-refractivity contribution in [3.05, 3.63) is 0 Å². The fourth-order valence-electron chi connectivity index (χ4n) is 1.07. The molecule has 0 amide bonds. The van der Waals surface area contributed by atoms with Gasteiger partial charge in [0, 0.05) is 0 Å². The smallest absolute Gasteiger partial charge is 0.335 e. The van der Waals surface area contributed by atoms with E-state index in [2.05, 4.69) is 4.74 Å². The molecule has 0 aromatic heterocycles. The quantitative estimate of drug-likeness (QED) is 0.345. The summed E-state index contributed by atoms with van der Waals surface area (Å²) in [6, 6.07) is 0. The molecule has 1 saturated heterocycles. The first kappa shape index (κ1) is 14.3. The number of carboxylic acids is 1. The highest BCUT2D eigenvalue weighted by Crippen LogP contribution is 2.19. The van der Waals surface area contributed by atoms with Crippen molar-refractivity contribution >= 4 is 5.97 Å². The Hall–Kier alpha value is -0.730. The predicted molar refractivity (Wildman–Crippen MR) is 47.9 cm³/mol. The van der Waals surface area contributed by atoms with Crippen molar-refractivity contribution in [3.63, 3.8) is 0 Å². The van der Waals surface area contributed by atoms with E-state index in [0.717, 1.165) is 0 Å². The molecule has 0 aromatic rings. The molecule has 1 aliphatic rings. The maximum Gasteiger partial charge on any atom is 0.335 e. The molecule has 90 valence electrons. The fraction of sp³-hybridized carbons (Fsp3) is 0.875. The van der Waals surface area contributed by atoms with Crippen molar-refractivity contribution in [2.75, 3.05) is 0 Å². The number of ether oxygens (including phenoxy) is 1. The van der Waals surface area contributed by atoms with Crippen LogP contribution in [0.15, 0.2) is 0 Å². The molecule has 1 fully saturated rings. The number of hydrogen-bond donors (Lipinski definition) is 5. The molecule has 0 radical (unpaired) electrons. The number of aliphatic hydroxyl groups excluding tert-OH is 4. The Morgan fingerprint density at radius 2 is 1.47 bits per heavy atom. The van der Waals surface area contributed by atoms with Crippen LogP contribution in [0.2, 0.25) is 0 Å². The van der Waals surface area contributed by atoms with Gasteiger partial charge >= 0.3 is 5.97 Å². The van der Waals surface area contributed by atoms with Gasteiger partial charge in [0.1, 0.15) is 18.3 Å². The second-order valence-electron chi connectivity index (χ2n) is 2.76. The molecule has 15 heavy (non-hydrogen) atoms. The molecular weight excluding hydrogens is 208 g/mol. The maximum absolute atomic E-state index is 10.4. The average Bonchev–Trinajstić information content (AvgIpc) is 2.23. The molecule has 1 aliphatic heterocycles. The Bertz CT molecular complexity index is 207. The highest BCUT2D eigenvalue weighted by atomic mass is 16.6. The van der Waals surface area contributed by atoms with E-state index in [1.54, 1.807) is 0 Å². The van der Waals surface area contributed by atoms with E-state index in [9.17, 15) is 4.79 Å². The molecule has 1 heterocycles. The van der Waals surface area contributed by atoms with Gasteiger partial charge in [-0.1, -0.05) is 13.8 Å². The summed E-state index contributed by atoms with van der Waals surface area (Å²) in [5, 5.41) is 44.4. The summed E-state index contributed by atoms with van der Waals surface area (Å²) in [4.78, 5) is 10.4. The van der Waals surface area contributed by atoms with Crippen LogP contribution in [-0.2, 0) is 9.53 Å². The predicted octanol–water partition coefficient (Wildman–Crippen LogP) is -2.10. The first-order valence-corrected chi connectivity index (χ1v) is 4.55. The summed E-state index contributed by atoms with van der Waals surface area (Å²) >= 11 is 0. The average molecular weight is 224 g/mol. The molecule has 0 bridgehead atoms. The van der Waals surface area contributed by atoms with Gasteiger partial charge in [0.2, 0.25) is 0 Å². The first-order chi connectivity index (χ1) is 6.95. The third-order valence-electron chi connectivity index (χ3n) is 1.83. The normalized spacial score (nSPS) is 40.3. The topological polar surface area (TPSA) is 127 Å². The molecule has 7 nitrogen and oxygen atoms in total. The zero-order valence-corrected chi connectivity index (χ0v) is 8.44. The van der Waals surface area contributed by atoms with E-state index in [1.807, 2.05) is 13.8 Å². The Kier molecular flexibility index (Phi) is 5.69. The minimum absolute atomic E-state index is 1.52. The second-order valence-corrected chi connectivity index (χ2v) is 2.76. The molecule has 0 saturated carbocycles. The Morgan fingerprint density at radius 1 is 1.00 bits per heavy atom. The lowest BCUT2D eigenvalue weighted by Crippen LogP contribution is -2.59. The first-order valence-electron chi connectivity index (χ1n) is 4.55. The van der Waals surface area contributed by atoms with Gasteiger partial charge in [0.05, 0.1) is 0 Å². The Morgan fingerprint density at radius 3 is 1.87 bits per heavy atom. The Balaban J connectivity index is 0.000000921. The fourth-order valence-corrected chi connectivity index (χ4v) is 1.07. The number of carboxylic acid groups (broad SMARTS) is 1. The van der Waals surface area contributed by atoms with Crippen molar-refractivity contribution in [3.8, 4) is 0 Å². The van der Waals surface area contributed by atoms with Crippen molar-refractivity contribution in [1.29, 1.82) is 0 Å². The van der Waals surface area contributed by atoms with Gasteiger partial charge in [-0.25, -0.2) is 4.79 Å². The zero-order chi connectivity index (χ0) is 12.2. The Labute approximate surface area is 86.5 Å². The van der Waals surface area contributed by atoms with E-state index in [0.29, 0.717) is 0 Å². The minimum Gasteiger partial charge on any atom is -0.479 e. The number of aliphatic carboxylic acids is 1. The molecule has 5 atom stereocenters. The molecule has 0 aliphatic carbocycles. The molecule has 0 aromatic carbocycles. The molecular formula is C8H16O7. The number of aliphatic hydroxyl groups is 4. The zero-order valence-electron chi connectivity index (χ0n) is 8.44. The second kappa shape index (κ2) is 5.99. The van der Waals surface area contributed by atoms with Crippen LogP contribution < -0.4 is 0 Å². The van der Waals surface area contributed by atoms with E-state index in [-0.39, 0.29) is 0 Å². The van der Waals surface area contributed by atoms with Crippen LogP contribution in [0, 0.1) is 0 Å². The van der Waals surface area contributed by atoms with Crippen molar-refractivity contribution in [1.82, 2.24) is 0 Å². The molecule has 0 spiro atoms. The summed E-state index contributed by atoms with van der Waals surface area (Å²) in [6.45, 7) is 4.00. The number of hydrogen-bond acceptors (Lipinski definition) is 6. The monoisotopic (exact) mass is 224 g/mol. The highest BCUT2D eigenvalue weighted by molar-refractivity contribution is 5.73. The SMILES string of the molecule is CC.O=C(O)C1OC(O)C(O)C(O)C1O. The van der Waals surface area contributed by atoms with E-state index < -0.39 is 36.7 Å². The van der Waals surface area contributed by atoms with Crippen LogP contribution in [0.25, 0.3) is 0 Å². The van der Waals surface area contributed by atoms with E-state index >= 15 is 0 Å². The van der Waals surface area contributed by atoms with Gasteiger partial charge in [0.15, 0.2) is 12.4 Å². The molecule has 5 N–H and O–H groups in total. The number of rotatable bonds is 1. The van der Waals surface area contributed by atoms with Crippen molar-refractivity contribution in [2.45, 2.75) is 44.6 Å². The van der Waals surface area contributed by atoms with Crippen molar-refractivity contribution in [2.24, 2.45) is 0 Å². The van der Waals surface area contributed by atoms with E-state index in [4.69, 9.17) is 25.5 Å². The summed E-state index contributed by atoms with van der Waals surface area (Å²) in [6.07, 6.45) is -8.72. The molecule has 1 rings (SSSR count). The minimum atomic E-state index is -1.81. The largest absolute Gasteiger partial charge is 0.479 e. The number of carbonyl (C=O) groups is 1. The van der Waals surface area contributed by atoms with Crippen LogP contribution in [0.5, 0.6) is 0 Å². The van der Waals surface area contributed by atoms with Crippen LogP contribution in [0.4, 0.5) is 0 Å². The standard InChI is InChI=1S/C6H10O7.C2H6/c7-1-2(8)4(5(10)11)13-6(12)3(1)9;1-2/h1-4,6-9,12H,(H,10,11);1-2H3. The van der Waals surface area contributed by atoms with Crippen LogP contribution in [-0.4, -0.2) is 62.2 Å². The van der Waals surface area contributed by atoms with Gasteiger partial charge in [-0.3, -0.25) is 0 Å². The summed E-state index contributed by atoms with van der Waals surface area (Å²) < 4.78 is 4.34. The third-order valence-corrected chi connectivity index (χ3v) is 1.83. The highest BCUT2D eigenvalue weighted by Gasteiger charge is 2.46. The molecule has 5 unspecified atom stereocenters. The van der Waals surface area contributed by atoms with Gasteiger partial charge in [0.25, 0.3) is 0 Å². The summed E-state index contributed by atoms with van der Waals surface area (Å²) in [5.74, 6) is -1.52. The lowest BCUT2D eigenvalue weighted by molar-refractivity contribution is -0.279.